The number of pyridine rings is 1. The number of carbonyl (C=O) groups is 4. The molecule has 0 bridgehead atoms. The first-order valence-electron chi connectivity index (χ1n) is 12.7. The van der Waals surface area contributed by atoms with Crippen molar-refractivity contribution in [2.45, 2.75) is 77.5 Å². The SMILES string of the molecule is CC[C@H](C)[C@H](NC(C)=O)C(=O)N[C@H]1CCc2ccn3c2C1C(=O)C[C@H](C(=O)NCc1ccccn1)C3. The molecule has 3 amide bonds. The van der Waals surface area contributed by atoms with Crippen LogP contribution in [-0.2, 0) is 38.7 Å². The van der Waals surface area contributed by atoms with Crippen LogP contribution in [0.2, 0.25) is 0 Å². The molecule has 0 aromatic carbocycles. The zero-order valence-corrected chi connectivity index (χ0v) is 21.1. The molecule has 5 atom stereocenters. The van der Waals surface area contributed by atoms with Crippen LogP contribution in [0.1, 0.15) is 62.9 Å². The molecule has 1 aliphatic carbocycles. The molecular weight excluding hydrogens is 458 g/mol. The Bertz CT molecular complexity index is 1130. The van der Waals surface area contributed by atoms with E-state index >= 15 is 0 Å². The van der Waals surface area contributed by atoms with E-state index in [9.17, 15) is 19.2 Å². The third-order valence-electron chi connectivity index (χ3n) is 7.45. The number of Topliss-reactive ketones (excluding diaryl/α,β-unsaturated/α-hetero) is 1. The van der Waals surface area contributed by atoms with Crippen LogP contribution >= 0.6 is 0 Å². The van der Waals surface area contributed by atoms with E-state index in [-0.39, 0.29) is 41.9 Å². The van der Waals surface area contributed by atoms with E-state index in [2.05, 4.69) is 20.9 Å². The Morgan fingerprint density at radius 3 is 2.72 bits per heavy atom. The molecule has 3 N–H and O–H groups in total. The van der Waals surface area contributed by atoms with Crippen LogP contribution in [0, 0.1) is 11.8 Å². The normalized spacial score (nSPS) is 22.5. The molecule has 2 aromatic heterocycles. The minimum absolute atomic E-state index is 0.0451. The van der Waals surface area contributed by atoms with Gasteiger partial charge >= 0.3 is 0 Å². The number of nitrogens with zero attached hydrogens (tertiary/aromatic N) is 2. The predicted molar refractivity (Wildman–Crippen MR) is 134 cm³/mol. The number of amides is 3. The number of hydrogen-bond acceptors (Lipinski definition) is 5. The van der Waals surface area contributed by atoms with Gasteiger partial charge in [-0.05, 0) is 42.5 Å². The zero-order valence-electron chi connectivity index (χ0n) is 21.1. The highest BCUT2D eigenvalue weighted by atomic mass is 16.2. The third-order valence-corrected chi connectivity index (χ3v) is 7.45. The fraction of sp³-hybridized carbons (Fsp3) is 0.519. The number of carbonyl (C=O) groups excluding carboxylic acids is 4. The molecule has 1 aliphatic heterocycles. The summed E-state index contributed by atoms with van der Waals surface area (Å²) in [7, 11) is 0. The quantitative estimate of drug-likeness (QED) is 0.518. The molecule has 3 heterocycles. The van der Waals surface area contributed by atoms with Crippen molar-refractivity contribution in [3.05, 3.63) is 53.6 Å². The maximum atomic E-state index is 13.6. The van der Waals surface area contributed by atoms with Gasteiger partial charge in [0.1, 0.15) is 11.8 Å². The predicted octanol–water partition coefficient (Wildman–Crippen LogP) is 1.85. The van der Waals surface area contributed by atoms with Crippen molar-refractivity contribution >= 4 is 23.5 Å². The van der Waals surface area contributed by atoms with Crippen LogP contribution in [-0.4, -0.2) is 45.1 Å². The lowest BCUT2D eigenvalue weighted by Gasteiger charge is -2.34. The molecule has 0 saturated heterocycles. The molecular formula is C27H35N5O4. The van der Waals surface area contributed by atoms with Gasteiger partial charge in [-0.2, -0.15) is 0 Å². The van der Waals surface area contributed by atoms with Crippen molar-refractivity contribution < 1.29 is 19.2 Å². The minimum atomic E-state index is -0.660. The third kappa shape index (κ3) is 5.50. The van der Waals surface area contributed by atoms with Crippen molar-refractivity contribution in [1.82, 2.24) is 25.5 Å². The Morgan fingerprint density at radius 2 is 2.03 bits per heavy atom. The van der Waals surface area contributed by atoms with Crippen molar-refractivity contribution in [2.24, 2.45) is 11.8 Å². The Kier molecular flexibility index (Phi) is 7.86. The van der Waals surface area contributed by atoms with Crippen LogP contribution in [0.4, 0.5) is 0 Å². The standard InChI is InChI=1S/C27H35N5O4/c1-4-16(2)24(30-17(3)33)27(36)31-21-9-8-18-10-12-32-15-19(13-22(34)23(21)25(18)32)26(35)29-14-20-7-5-6-11-28-20/h5-7,10-12,16,19,21,23-24H,4,8-9,13-15H2,1-3H3,(H,29,35)(H,30,33)(H,31,36)/t16-,19-,21-,23?,24-/m0/s1. The highest BCUT2D eigenvalue weighted by Crippen LogP contribution is 2.38. The minimum Gasteiger partial charge on any atom is -0.350 e. The van der Waals surface area contributed by atoms with Gasteiger partial charge in [0.25, 0.3) is 0 Å². The van der Waals surface area contributed by atoms with Crippen LogP contribution < -0.4 is 16.0 Å². The summed E-state index contributed by atoms with van der Waals surface area (Å²) in [5.41, 5.74) is 2.74. The van der Waals surface area contributed by atoms with E-state index in [4.69, 9.17) is 0 Å². The smallest absolute Gasteiger partial charge is 0.243 e. The highest BCUT2D eigenvalue weighted by Gasteiger charge is 2.42. The first kappa shape index (κ1) is 25.6. The van der Waals surface area contributed by atoms with Gasteiger partial charge in [-0.15, -0.1) is 0 Å². The summed E-state index contributed by atoms with van der Waals surface area (Å²) < 4.78 is 2.01. The summed E-state index contributed by atoms with van der Waals surface area (Å²) in [5.74, 6) is -1.83. The number of nitrogens with one attached hydrogen (secondary N) is 3. The topological polar surface area (TPSA) is 122 Å². The Labute approximate surface area is 211 Å². The van der Waals surface area contributed by atoms with E-state index < -0.39 is 17.9 Å². The average molecular weight is 494 g/mol. The largest absolute Gasteiger partial charge is 0.350 e. The highest BCUT2D eigenvalue weighted by molar-refractivity contribution is 5.93. The molecule has 1 unspecified atom stereocenters. The van der Waals surface area contributed by atoms with Gasteiger partial charge in [-0.3, -0.25) is 24.2 Å². The van der Waals surface area contributed by atoms with Crippen LogP contribution in [0.15, 0.2) is 36.7 Å². The molecule has 0 fully saturated rings. The van der Waals surface area contributed by atoms with Gasteiger partial charge < -0.3 is 20.5 Å². The molecule has 9 heteroatoms. The molecule has 9 nitrogen and oxygen atoms in total. The maximum absolute atomic E-state index is 13.6. The molecule has 192 valence electrons. The monoisotopic (exact) mass is 493 g/mol. The molecule has 0 radical (unpaired) electrons. The Hall–Kier alpha value is -3.49. The van der Waals surface area contributed by atoms with Crippen LogP contribution in [0.25, 0.3) is 0 Å². The van der Waals surface area contributed by atoms with Gasteiger partial charge in [-0.25, -0.2) is 0 Å². The van der Waals surface area contributed by atoms with E-state index in [1.807, 2.05) is 48.9 Å². The van der Waals surface area contributed by atoms with Gasteiger partial charge in [0, 0.05) is 44.0 Å². The molecule has 36 heavy (non-hydrogen) atoms. The summed E-state index contributed by atoms with van der Waals surface area (Å²) in [4.78, 5) is 55.8. The zero-order chi connectivity index (χ0) is 25.8. The second-order valence-electron chi connectivity index (χ2n) is 9.98. The number of ketones is 1. The van der Waals surface area contributed by atoms with Gasteiger partial charge in [0.15, 0.2) is 0 Å². The van der Waals surface area contributed by atoms with Crippen molar-refractivity contribution in [2.75, 3.05) is 0 Å². The van der Waals surface area contributed by atoms with Gasteiger partial charge in [-0.1, -0.05) is 26.3 Å². The fourth-order valence-corrected chi connectivity index (χ4v) is 5.35. The lowest BCUT2D eigenvalue weighted by atomic mass is 9.79. The van der Waals surface area contributed by atoms with Crippen molar-refractivity contribution in [3.8, 4) is 0 Å². The second kappa shape index (κ2) is 11.1. The van der Waals surface area contributed by atoms with E-state index in [0.29, 0.717) is 19.5 Å². The van der Waals surface area contributed by atoms with Gasteiger partial charge in [0.2, 0.25) is 17.7 Å². The van der Waals surface area contributed by atoms with Gasteiger partial charge in [0.05, 0.1) is 24.1 Å². The molecule has 2 aliphatic rings. The fourth-order valence-electron chi connectivity index (χ4n) is 5.35. The summed E-state index contributed by atoms with van der Waals surface area (Å²) in [6.07, 6.45) is 5.82. The number of hydrogen-bond donors (Lipinski definition) is 3. The summed E-state index contributed by atoms with van der Waals surface area (Å²) >= 11 is 0. The van der Waals surface area contributed by atoms with E-state index in [1.165, 1.54) is 6.92 Å². The summed E-state index contributed by atoms with van der Waals surface area (Å²) in [6, 6.07) is 6.49. The first-order chi connectivity index (χ1) is 17.3. The van der Waals surface area contributed by atoms with Crippen molar-refractivity contribution in [1.29, 1.82) is 0 Å². The lowest BCUT2D eigenvalue weighted by Crippen LogP contribution is -2.54. The second-order valence-corrected chi connectivity index (χ2v) is 9.98. The Morgan fingerprint density at radius 1 is 1.22 bits per heavy atom. The van der Waals surface area contributed by atoms with E-state index in [1.54, 1.807) is 6.20 Å². The average Bonchev–Trinajstić information content (AvgIpc) is 3.20. The first-order valence-corrected chi connectivity index (χ1v) is 12.7. The van der Waals surface area contributed by atoms with Crippen LogP contribution in [0.3, 0.4) is 0 Å². The number of aryl methyl sites for hydroxylation is 1. The number of aromatic nitrogens is 2. The molecule has 0 saturated carbocycles. The Balaban J connectivity index is 1.51. The van der Waals surface area contributed by atoms with E-state index in [0.717, 1.165) is 29.8 Å². The van der Waals surface area contributed by atoms with Crippen LogP contribution in [0.5, 0.6) is 0 Å². The molecule has 0 spiro atoms. The summed E-state index contributed by atoms with van der Waals surface area (Å²) in [6.45, 7) is 6.01. The molecule has 4 rings (SSSR count). The summed E-state index contributed by atoms with van der Waals surface area (Å²) in [5, 5.41) is 8.77. The van der Waals surface area contributed by atoms with Crippen molar-refractivity contribution in [3.63, 3.8) is 0 Å². The number of rotatable bonds is 8. The lowest BCUT2D eigenvalue weighted by molar-refractivity contribution is -0.132. The molecule has 2 aromatic rings. The maximum Gasteiger partial charge on any atom is 0.243 e.